The number of morpholine rings is 1. The molecule has 1 fully saturated rings. The van der Waals surface area contributed by atoms with Gasteiger partial charge in [0.25, 0.3) is 5.91 Å². The van der Waals surface area contributed by atoms with Crippen molar-refractivity contribution >= 4 is 23.4 Å². The molecule has 1 saturated heterocycles. The van der Waals surface area contributed by atoms with Crippen molar-refractivity contribution in [2.45, 2.75) is 44.6 Å². The summed E-state index contributed by atoms with van der Waals surface area (Å²) in [4.78, 5) is 30.5. The van der Waals surface area contributed by atoms with Crippen molar-refractivity contribution in [1.82, 2.24) is 9.80 Å². The lowest BCUT2D eigenvalue weighted by molar-refractivity contribution is -0.176. The highest BCUT2D eigenvalue weighted by atomic mass is 35.5. The predicted molar refractivity (Wildman–Crippen MR) is 132 cm³/mol. The third-order valence-electron chi connectivity index (χ3n) is 6.71. The molecule has 0 aromatic heterocycles. The van der Waals surface area contributed by atoms with Gasteiger partial charge in [0.1, 0.15) is 12.4 Å². The van der Waals surface area contributed by atoms with Gasteiger partial charge in [-0.3, -0.25) is 9.59 Å². The Morgan fingerprint density at radius 1 is 1.09 bits per heavy atom. The molecule has 6 nitrogen and oxygen atoms in total. The van der Waals surface area contributed by atoms with Gasteiger partial charge in [-0.25, -0.2) is 0 Å². The second-order valence-electron chi connectivity index (χ2n) is 9.01. The largest absolute Gasteiger partial charge is 0.491 e. The van der Waals surface area contributed by atoms with Crippen molar-refractivity contribution < 1.29 is 19.1 Å². The summed E-state index contributed by atoms with van der Waals surface area (Å²) in [6.45, 7) is 4.54. The molecule has 1 spiro atoms. The van der Waals surface area contributed by atoms with E-state index in [1.807, 2.05) is 43.3 Å². The fourth-order valence-corrected chi connectivity index (χ4v) is 5.07. The Morgan fingerprint density at radius 2 is 1.94 bits per heavy atom. The van der Waals surface area contributed by atoms with Crippen LogP contribution in [0.1, 0.15) is 37.3 Å². The van der Waals surface area contributed by atoms with E-state index in [2.05, 4.69) is 6.07 Å². The summed E-state index contributed by atoms with van der Waals surface area (Å²) in [5, 5.41) is 0.612. The zero-order chi connectivity index (χ0) is 24.0. The van der Waals surface area contributed by atoms with Crippen LogP contribution in [0.5, 0.6) is 5.75 Å². The van der Waals surface area contributed by atoms with Crippen LogP contribution in [0, 0.1) is 0 Å². The van der Waals surface area contributed by atoms with E-state index < -0.39 is 5.60 Å². The second-order valence-corrected chi connectivity index (χ2v) is 9.45. The quantitative estimate of drug-likeness (QED) is 0.657. The third kappa shape index (κ3) is 5.73. The molecule has 1 atom stereocenters. The van der Waals surface area contributed by atoms with Crippen molar-refractivity contribution in [3.05, 3.63) is 64.7 Å². The summed E-state index contributed by atoms with van der Waals surface area (Å²) in [5.74, 6) is 0.838. The molecule has 0 radical (unpaired) electrons. The maximum Gasteiger partial charge on any atom is 0.256 e. The number of benzene rings is 2. The van der Waals surface area contributed by atoms with Crippen LogP contribution in [-0.2, 0) is 27.2 Å². The van der Waals surface area contributed by atoms with Gasteiger partial charge in [0.05, 0.1) is 26.1 Å². The Kier molecular flexibility index (Phi) is 8.11. The highest BCUT2D eigenvalue weighted by molar-refractivity contribution is 6.30. The number of amides is 2. The molecular weight excluding hydrogens is 452 g/mol. The minimum Gasteiger partial charge on any atom is -0.491 e. The number of rotatable bonds is 3. The molecule has 2 aromatic rings. The van der Waals surface area contributed by atoms with Crippen molar-refractivity contribution in [1.29, 1.82) is 0 Å². The summed E-state index contributed by atoms with van der Waals surface area (Å²) < 4.78 is 12.3. The molecule has 2 aliphatic heterocycles. The predicted octanol–water partition coefficient (Wildman–Crippen LogP) is 4.13. The molecular formula is C27H33ClN2O4. The molecule has 2 aliphatic rings. The Labute approximate surface area is 206 Å². The zero-order valence-electron chi connectivity index (χ0n) is 19.8. The Hall–Kier alpha value is -2.57. The number of carbonyl (C=O) groups excluding carboxylic acids is 2. The number of halogens is 1. The molecule has 0 bridgehead atoms. The van der Waals surface area contributed by atoms with E-state index in [0.29, 0.717) is 44.3 Å². The van der Waals surface area contributed by atoms with E-state index in [0.717, 1.165) is 30.6 Å². The number of aryl methyl sites for hydroxylation is 1. The van der Waals surface area contributed by atoms with Gasteiger partial charge in [-0.05, 0) is 61.9 Å². The second kappa shape index (κ2) is 11.2. The van der Waals surface area contributed by atoms with Gasteiger partial charge in [0.2, 0.25) is 5.91 Å². The Bertz CT molecular complexity index is 1010. The maximum atomic E-state index is 13.8. The molecule has 7 heteroatoms. The molecule has 0 saturated carbocycles. The maximum absolute atomic E-state index is 13.8. The number of para-hydroxylation sites is 1. The van der Waals surface area contributed by atoms with Crippen LogP contribution >= 0.6 is 11.6 Å². The average Bonchev–Trinajstić information content (AvgIpc) is 2.84. The molecule has 2 aromatic carbocycles. The lowest BCUT2D eigenvalue weighted by Crippen LogP contribution is -2.62. The molecule has 0 N–H and O–H groups in total. The number of hydrogen-bond donors (Lipinski definition) is 0. The van der Waals surface area contributed by atoms with Crippen LogP contribution in [0.4, 0.5) is 0 Å². The number of ether oxygens (including phenoxy) is 2. The van der Waals surface area contributed by atoms with E-state index in [-0.39, 0.29) is 24.8 Å². The fraction of sp³-hybridized carbons (Fsp3) is 0.481. The van der Waals surface area contributed by atoms with Gasteiger partial charge in [-0.2, -0.15) is 0 Å². The van der Waals surface area contributed by atoms with Gasteiger partial charge in [-0.15, -0.1) is 0 Å². The lowest BCUT2D eigenvalue weighted by atomic mass is 9.90. The van der Waals surface area contributed by atoms with Gasteiger partial charge in [0.15, 0.2) is 5.60 Å². The van der Waals surface area contributed by atoms with Crippen LogP contribution in [0.15, 0.2) is 48.5 Å². The molecule has 2 heterocycles. The van der Waals surface area contributed by atoms with Crippen LogP contribution in [0.3, 0.4) is 0 Å². The first-order chi connectivity index (χ1) is 16.5. The summed E-state index contributed by atoms with van der Waals surface area (Å²) in [7, 11) is 0. The number of hydrogen-bond acceptors (Lipinski definition) is 4. The van der Waals surface area contributed by atoms with E-state index in [1.54, 1.807) is 15.9 Å². The Morgan fingerprint density at radius 3 is 2.76 bits per heavy atom. The van der Waals surface area contributed by atoms with Crippen LogP contribution in [0.25, 0.3) is 0 Å². The molecule has 4 rings (SSSR count). The van der Waals surface area contributed by atoms with E-state index in [9.17, 15) is 9.59 Å². The van der Waals surface area contributed by atoms with Crippen LogP contribution in [-0.4, -0.2) is 66.6 Å². The summed E-state index contributed by atoms with van der Waals surface area (Å²) in [6, 6.07) is 15.5. The Balaban J connectivity index is 1.52. The normalized spacial score (nSPS) is 21.9. The van der Waals surface area contributed by atoms with Crippen molar-refractivity contribution in [2.75, 3.05) is 39.4 Å². The number of likely N-dealkylation sites (N-methyl/N-ethyl adjacent to an activating group) is 1. The first-order valence-electron chi connectivity index (χ1n) is 12.2. The van der Waals surface area contributed by atoms with Crippen molar-refractivity contribution in [2.24, 2.45) is 0 Å². The van der Waals surface area contributed by atoms with E-state index in [1.165, 1.54) is 5.56 Å². The average molecular weight is 485 g/mol. The topological polar surface area (TPSA) is 59.1 Å². The highest BCUT2D eigenvalue weighted by Gasteiger charge is 2.46. The molecule has 1 unspecified atom stereocenters. The molecule has 182 valence electrons. The van der Waals surface area contributed by atoms with Gasteiger partial charge < -0.3 is 19.3 Å². The molecule has 2 amide bonds. The van der Waals surface area contributed by atoms with Crippen molar-refractivity contribution in [3.8, 4) is 5.75 Å². The third-order valence-corrected chi connectivity index (χ3v) is 6.94. The molecule has 0 aliphatic carbocycles. The number of nitrogens with zero attached hydrogens (tertiary/aromatic N) is 2. The first-order valence-corrected chi connectivity index (χ1v) is 12.5. The summed E-state index contributed by atoms with van der Waals surface area (Å²) in [5.41, 5.74) is 1.04. The van der Waals surface area contributed by atoms with Gasteiger partial charge in [-0.1, -0.05) is 41.9 Å². The summed E-state index contributed by atoms with van der Waals surface area (Å²) in [6.07, 6.45) is 3.48. The fourth-order valence-electron chi connectivity index (χ4n) is 4.85. The lowest BCUT2D eigenvalue weighted by Gasteiger charge is -2.44. The van der Waals surface area contributed by atoms with Gasteiger partial charge >= 0.3 is 0 Å². The van der Waals surface area contributed by atoms with E-state index >= 15 is 0 Å². The SMILES string of the molecule is CCN1CCOc2ccccc2CCCCC2(CN(C(=O)Cc3cccc(Cl)c3)CCO2)C1=O. The monoisotopic (exact) mass is 484 g/mol. The minimum atomic E-state index is -1.02. The van der Waals surface area contributed by atoms with Crippen LogP contribution in [0.2, 0.25) is 5.02 Å². The molecule has 34 heavy (non-hydrogen) atoms. The first kappa shape index (κ1) is 24.6. The minimum absolute atomic E-state index is 0.0100. The van der Waals surface area contributed by atoms with Crippen molar-refractivity contribution in [3.63, 3.8) is 0 Å². The number of fused-ring (bicyclic) bond motifs is 1. The highest BCUT2D eigenvalue weighted by Crippen LogP contribution is 2.30. The zero-order valence-corrected chi connectivity index (χ0v) is 20.6. The van der Waals surface area contributed by atoms with E-state index in [4.69, 9.17) is 21.1 Å². The number of carbonyl (C=O) groups is 2. The smallest absolute Gasteiger partial charge is 0.256 e. The van der Waals surface area contributed by atoms with Gasteiger partial charge in [0, 0.05) is 18.1 Å². The van der Waals surface area contributed by atoms with Crippen LogP contribution < -0.4 is 4.74 Å². The summed E-state index contributed by atoms with van der Waals surface area (Å²) >= 11 is 6.10. The standard InChI is InChI=1S/C27H33ClN2O4/c1-2-29-14-16-33-24-12-4-3-9-22(24)10-5-6-13-27(26(29)32)20-30(15-17-34-27)25(31)19-21-8-7-11-23(28)18-21/h3-4,7-9,11-12,18H,2,5-6,10,13-17,19-20H2,1H3.